The molecular weight excluding hydrogens is 374 g/mol. The number of amides is 1. The van der Waals surface area contributed by atoms with E-state index in [9.17, 15) is 4.79 Å². The van der Waals surface area contributed by atoms with Crippen LogP contribution in [-0.2, 0) is 24.3 Å². The summed E-state index contributed by atoms with van der Waals surface area (Å²) >= 11 is 0. The summed E-state index contributed by atoms with van der Waals surface area (Å²) in [6.07, 6.45) is 2.53. The lowest BCUT2D eigenvalue weighted by atomic mass is 9.97. The van der Waals surface area contributed by atoms with Crippen LogP contribution in [0.1, 0.15) is 16.9 Å². The van der Waals surface area contributed by atoms with Gasteiger partial charge >= 0.3 is 0 Å². The summed E-state index contributed by atoms with van der Waals surface area (Å²) in [7, 11) is 5.85. The summed E-state index contributed by atoms with van der Waals surface area (Å²) in [5.41, 5.74) is 5.08. The molecule has 0 unspecified atom stereocenters. The van der Waals surface area contributed by atoms with E-state index in [1.54, 1.807) is 13.3 Å². The van der Waals surface area contributed by atoms with Gasteiger partial charge in [-0.3, -0.25) is 9.69 Å². The highest BCUT2D eigenvalue weighted by Crippen LogP contribution is 2.25. The van der Waals surface area contributed by atoms with Crippen LogP contribution in [0.15, 0.2) is 71.3 Å². The fraction of sp³-hybridized carbons (Fsp3) is 0.320. The molecule has 2 aromatic carbocycles. The third-order valence-corrected chi connectivity index (χ3v) is 5.06. The van der Waals surface area contributed by atoms with E-state index in [-0.39, 0.29) is 5.91 Å². The Morgan fingerprint density at radius 2 is 1.83 bits per heavy atom. The van der Waals surface area contributed by atoms with Gasteiger partial charge in [0.05, 0.1) is 19.4 Å². The molecule has 0 radical (unpaired) electrons. The molecule has 0 aliphatic rings. The number of benzene rings is 2. The highest BCUT2D eigenvalue weighted by molar-refractivity contribution is 5.77. The number of carbonyl (C=O) groups excluding carboxylic acids is 1. The highest BCUT2D eigenvalue weighted by atomic mass is 16.3. The predicted octanol–water partition coefficient (Wildman–Crippen LogP) is 3.80. The molecule has 1 amide bonds. The predicted molar refractivity (Wildman–Crippen MR) is 121 cm³/mol. The van der Waals surface area contributed by atoms with Crippen molar-refractivity contribution in [3.63, 3.8) is 0 Å². The smallest absolute Gasteiger partial charge is 0.233 e. The molecule has 0 bridgehead atoms. The summed E-state index contributed by atoms with van der Waals surface area (Å²) in [4.78, 5) is 16.2. The average Bonchev–Trinajstić information content (AvgIpc) is 3.25. The first-order chi connectivity index (χ1) is 14.5. The summed E-state index contributed by atoms with van der Waals surface area (Å²) < 4.78 is 5.48. The Hall–Kier alpha value is -2.89. The monoisotopic (exact) mass is 405 g/mol. The molecule has 0 spiro atoms. The molecule has 30 heavy (non-hydrogen) atoms. The molecule has 0 fully saturated rings. The fourth-order valence-corrected chi connectivity index (χ4v) is 3.58. The van der Waals surface area contributed by atoms with Gasteiger partial charge in [0, 0.05) is 20.1 Å². The van der Waals surface area contributed by atoms with Gasteiger partial charge < -0.3 is 14.6 Å². The minimum atomic E-state index is 0.00733. The van der Waals surface area contributed by atoms with Gasteiger partial charge in [-0.2, -0.15) is 0 Å². The van der Waals surface area contributed by atoms with Crippen LogP contribution in [0.3, 0.4) is 0 Å². The summed E-state index contributed by atoms with van der Waals surface area (Å²) in [6.45, 7) is 2.65. The van der Waals surface area contributed by atoms with Crippen molar-refractivity contribution in [3.8, 4) is 11.1 Å². The van der Waals surface area contributed by atoms with Gasteiger partial charge in [-0.15, -0.1) is 0 Å². The van der Waals surface area contributed by atoms with E-state index in [1.807, 2.05) is 12.1 Å². The van der Waals surface area contributed by atoms with Gasteiger partial charge in [0.2, 0.25) is 5.91 Å². The van der Waals surface area contributed by atoms with Gasteiger partial charge in [0.25, 0.3) is 0 Å². The van der Waals surface area contributed by atoms with Crippen molar-refractivity contribution in [3.05, 3.63) is 83.8 Å². The zero-order valence-corrected chi connectivity index (χ0v) is 18.1. The third-order valence-electron chi connectivity index (χ3n) is 5.06. The molecule has 5 heteroatoms. The molecule has 0 saturated heterocycles. The molecule has 0 aliphatic carbocycles. The van der Waals surface area contributed by atoms with Crippen LogP contribution in [0.5, 0.6) is 0 Å². The Balaban J connectivity index is 1.73. The molecule has 1 aromatic heterocycles. The van der Waals surface area contributed by atoms with Crippen LogP contribution < -0.4 is 5.32 Å². The first kappa shape index (κ1) is 21.8. The van der Waals surface area contributed by atoms with E-state index >= 15 is 0 Å². The van der Waals surface area contributed by atoms with Crippen molar-refractivity contribution in [2.45, 2.75) is 19.5 Å². The van der Waals surface area contributed by atoms with Crippen LogP contribution in [0.2, 0.25) is 0 Å². The molecule has 1 N–H and O–H groups in total. The van der Waals surface area contributed by atoms with E-state index in [4.69, 9.17) is 4.42 Å². The van der Waals surface area contributed by atoms with Crippen molar-refractivity contribution in [2.24, 2.45) is 0 Å². The lowest BCUT2D eigenvalue weighted by Gasteiger charge is -2.20. The second-order valence-corrected chi connectivity index (χ2v) is 7.81. The Morgan fingerprint density at radius 1 is 1.00 bits per heavy atom. The van der Waals surface area contributed by atoms with Crippen molar-refractivity contribution >= 4 is 5.91 Å². The van der Waals surface area contributed by atoms with E-state index in [0.717, 1.165) is 25.3 Å². The normalized spacial score (nSPS) is 11.2. The average molecular weight is 406 g/mol. The van der Waals surface area contributed by atoms with Crippen LogP contribution in [0.4, 0.5) is 0 Å². The molecule has 3 aromatic rings. The molecule has 1 heterocycles. The van der Waals surface area contributed by atoms with Crippen LogP contribution in [0.25, 0.3) is 11.1 Å². The Morgan fingerprint density at radius 3 is 2.57 bits per heavy atom. The largest absolute Gasteiger partial charge is 0.468 e. The maximum absolute atomic E-state index is 11.9. The fourth-order valence-electron chi connectivity index (χ4n) is 3.58. The number of nitrogens with zero attached hydrogens (tertiary/aromatic N) is 2. The van der Waals surface area contributed by atoms with E-state index in [1.165, 1.54) is 22.3 Å². The van der Waals surface area contributed by atoms with E-state index in [0.29, 0.717) is 13.1 Å². The lowest BCUT2D eigenvalue weighted by molar-refractivity contribution is -0.121. The molecule has 0 saturated carbocycles. The number of nitrogens with one attached hydrogen (secondary N) is 1. The summed E-state index contributed by atoms with van der Waals surface area (Å²) in [5.74, 6) is 0.873. The zero-order chi connectivity index (χ0) is 21.3. The molecular formula is C25H31N3O2. The van der Waals surface area contributed by atoms with Crippen molar-refractivity contribution in [2.75, 3.05) is 34.2 Å². The highest BCUT2D eigenvalue weighted by Gasteiger charge is 2.13. The van der Waals surface area contributed by atoms with Gasteiger partial charge in [-0.1, -0.05) is 48.5 Å². The Kier molecular flexibility index (Phi) is 7.82. The van der Waals surface area contributed by atoms with Gasteiger partial charge in [-0.05, 0) is 54.9 Å². The maximum atomic E-state index is 11.9. The van der Waals surface area contributed by atoms with Crippen molar-refractivity contribution in [1.29, 1.82) is 0 Å². The van der Waals surface area contributed by atoms with Gasteiger partial charge in [-0.25, -0.2) is 0 Å². The van der Waals surface area contributed by atoms with Crippen molar-refractivity contribution in [1.82, 2.24) is 15.1 Å². The minimum absolute atomic E-state index is 0.00733. The third kappa shape index (κ3) is 6.31. The molecule has 158 valence electrons. The van der Waals surface area contributed by atoms with Gasteiger partial charge in [0.1, 0.15) is 5.76 Å². The molecule has 0 atom stereocenters. The number of likely N-dealkylation sites (N-methyl/N-ethyl adjacent to an activating group) is 1. The second-order valence-electron chi connectivity index (χ2n) is 7.81. The Labute approximate surface area is 179 Å². The first-order valence-corrected chi connectivity index (χ1v) is 10.3. The van der Waals surface area contributed by atoms with Gasteiger partial charge in [0.15, 0.2) is 0 Å². The molecule has 3 rings (SSSR count). The molecule has 0 aliphatic heterocycles. The minimum Gasteiger partial charge on any atom is -0.468 e. The molecule has 5 nitrogen and oxygen atoms in total. The topological polar surface area (TPSA) is 48.7 Å². The standard InChI is InChI=1S/C25H31N3O2/c1-26-25(29)19-28(18-23-11-7-15-30-23)14-13-20-8-6-10-21(16-20)24-12-5-4-9-22(24)17-27(2)3/h4-12,15-16H,13-14,17-19H2,1-3H3,(H,26,29). The van der Waals surface area contributed by atoms with E-state index < -0.39 is 0 Å². The summed E-state index contributed by atoms with van der Waals surface area (Å²) in [6, 6.07) is 21.1. The lowest BCUT2D eigenvalue weighted by Crippen LogP contribution is -2.36. The number of hydrogen-bond acceptors (Lipinski definition) is 4. The second kappa shape index (κ2) is 10.8. The Bertz CT molecular complexity index is 935. The van der Waals surface area contributed by atoms with Crippen LogP contribution in [-0.4, -0.2) is 49.9 Å². The first-order valence-electron chi connectivity index (χ1n) is 10.3. The number of rotatable bonds is 10. The van der Waals surface area contributed by atoms with E-state index in [2.05, 4.69) is 77.7 Å². The quantitative estimate of drug-likeness (QED) is 0.557. The maximum Gasteiger partial charge on any atom is 0.233 e. The van der Waals surface area contributed by atoms with Crippen LogP contribution >= 0.6 is 0 Å². The zero-order valence-electron chi connectivity index (χ0n) is 18.1. The summed E-state index contributed by atoms with van der Waals surface area (Å²) in [5, 5.41) is 2.71. The number of carbonyl (C=O) groups is 1. The number of hydrogen-bond donors (Lipinski definition) is 1. The number of furan rings is 1. The van der Waals surface area contributed by atoms with Crippen molar-refractivity contribution < 1.29 is 9.21 Å². The van der Waals surface area contributed by atoms with Crippen LogP contribution in [0, 0.1) is 0 Å². The SMILES string of the molecule is CNC(=O)CN(CCc1cccc(-c2ccccc2CN(C)C)c1)Cc1ccco1.